The second-order valence-electron chi connectivity index (χ2n) is 4.29. The average molecular weight is 225 g/mol. The van der Waals surface area contributed by atoms with Gasteiger partial charge in [0, 0.05) is 46.5 Å². The number of hydrogen-bond acceptors (Lipinski definition) is 4. The molecular weight excluding hydrogens is 206 g/mol. The molecule has 1 aromatic heterocycles. The quantitative estimate of drug-likeness (QED) is 0.784. The zero-order valence-electron chi connectivity index (χ0n) is 9.90. The van der Waals surface area contributed by atoms with E-state index in [2.05, 4.69) is 10.3 Å². The minimum absolute atomic E-state index is 0.140. The number of hydrogen-bond donors (Lipinski definition) is 1. The zero-order valence-corrected chi connectivity index (χ0v) is 9.90. The molecule has 1 aliphatic heterocycles. The summed E-state index contributed by atoms with van der Waals surface area (Å²) < 4.78 is 12.9. The van der Waals surface area contributed by atoms with Crippen LogP contribution in [0.1, 0.15) is 12.1 Å². The van der Waals surface area contributed by atoms with Gasteiger partial charge in [0.15, 0.2) is 0 Å². The molecule has 90 valence electrons. The first-order valence-electron chi connectivity index (χ1n) is 5.55. The Morgan fingerprint density at radius 3 is 3.12 bits per heavy atom. The molecule has 2 heterocycles. The van der Waals surface area contributed by atoms with Crippen molar-refractivity contribution < 1.29 is 9.47 Å². The molecule has 1 fully saturated rings. The molecule has 0 aliphatic carbocycles. The number of ether oxygens (including phenoxy) is 2. The van der Waals surface area contributed by atoms with Crippen molar-refractivity contribution in [3.05, 3.63) is 18.2 Å². The fourth-order valence-corrected chi connectivity index (χ4v) is 1.93. The van der Waals surface area contributed by atoms with Gasteiger partial charge in [-0.3, -0.25) is 0 Å². The summed E-state index contributed by atoms with van der Waals surface area (Å²) in [5.41, 5.74) is 1.03. The minimum Gasteiger partial charge on any atom is -0.378 e. The zero-order chi connectivity index (χ0) is 11.4. The van der Waals surface area contributed by atoms with Crippen molar-refractivity contribution in [3.63, 3.8) is 0 Å². The van der Waals surface area contributed by atoms with Gasteiger partial charge >= 0.3 is 0 Å². The van der Waals surface area contributed by atoms with Gasteiger partial charge in [0.25, 0.3) is 0 Å². The number of imidazole rings is 1. The van der Waals surface area contributed by atoms with E-state index >= 15 is 0 Å². The summed E-state index contributed by atoms with van der Waals surface area (Å²) in [4.78, 5) is 4.08. The molecule has 16 heavy (non-hydrogen) atoms. The lowest BCUT2D eigenvalue weighted by Gasteiger charge is -2.26. The highest BCUT2D eigenvalue weighted by atomic mass is 16.5. The Morgan fingerprint density at radius 2 is 2.56 bits per heavy atom. The van der Waals surface area contributed by atoms with Crippen molar-refractivity contribution in [2.75, 3.05) is 26.9 Å². The van der Waals surface area contributed by atoms with E-state index in [9.17, 15) is 0 Å². The van der Waals surface area contributed by atoms with E-state index in [4.69, 9.17) is 9.47 Å². The highest BCUT2D eigenvalue weighted by Crippen LogP contribution is 2.21. The topological polar surface area (TPSA) is 48.3 Å². The molecule has 1 aromatic rings. The molecule has 5 heteroatoms. The molecule has 1 unspecified atom stereocenters. The van der Waals surface area contributed by atoms with Crippen LogP contribution in [0.15, 0.2) is 12.5 Å². The van der Waals surface area contributed by atoms with Crippen molar-refractivity contribution in [3.8, 4) is 0 Å². The van der Waals surface area contributed by atoms with Gasteiger partial charge < -0.3 is 19.4 Å². The second kappa shape index (κ2) is 4.95. The lowest BCUT2D eigenvalue weighted by atomic mass is 10.0. The van der Waals surface area contributed by atoms with E-state index in [-0.39, 0.29) is 5.60 Å². The molecule has 1 N–H and O–H groups in total. The van der Waals surface area contributed by atoms with Crippen molar-refractivity contribution in [1.29, 1.82) is 0 Å². The SMILES string of the molecule is COC1(CNCc2cncn2C)CCOC1. The fraction of sp³-hybridized carbons (Fsp3) is 0.727. The molecule has 5 nitrogen and oxygen atoms in total. The predicted octanol–water partition coefficient (Wildman–Crippen LogP) is 0.315. The first kappa shape index (κ1) is 11.6. The molecule has 0 saturated carbocycles. The van der Waals surface area contributed by atoms with Crippen LogP contribution < -0.4 is 5.32 Å². The van der Waals surface area contributed by atoms with Crippen LogP contribution >= 0.6 is 0 Å². The Balaban J connectivity index is 1.81. The fourth-order valence-electron chi connectivity index (χ4n) is 1.93. The van der Waals surface area contributed by atoms with E-state index in [0.717, 1.165) is 26.1 Å². The molecule has 0 amide bonds. The minimum atomic E-state index is -0.140. The van der Waals surface area contributed by atoms with Crippen molar-refractivity contribution in [2.24, 2.45) is 7.05 Å². The van der Waals surface area contributed by atoms with Crippen LogP contribution in [0.4, 0.5) is 0 Å². The third-order valence-electron chi connectivity index (χ3n) is 3.17. The highest BCUT2D eigenvalue weighted by Gasteiger charge is 2.34. The molecule has 0 bridgehead atoms. The molecule has 0 radical (unpaired) electrons. The number of rotatable bonds is 5. The largest absolute Gasteiger partial charge is 0.378 e. The average Bonchev–Trinajstić information content (AvgIpc) is 2.90. The number of aryl methyl sites for hydroxylation is 1. The maximum Gasteiger partial charge on any atom is 0.106 e. The number of nitrogens with one attached hydrogen (secondary N) is 1. The maximum atomic E-state index is 5.54. The predicted molar refractivity (Wildman–Crippen MR) is 60.1 cm³/mol. The van der Waals surface area contributed by atoms with E-state index in [1.165, 1.54) is 5.69 Å². The monoisotopic (exact) mass is 225 g/mol. The van der Waals surface area contributed by atoms with Crippen LogP contribution in [0, 0.1) is 0 Å². The van der Waals surface area contributed by atoms with Crippen LogP contribution in [0.2, 0.25) is 0 Å². The van der Waals surface area contributed by atoms with E-state index in [0.29, 0.717) is 6.61 Å². The molecule has 1 aliphatic rings. The van der Waals surface area contributed by atoms with Gasteiger partial charge in [-0.2, -0.15) is 0 Å². The highest BCUT2D eigenvalue weighted by molar-refractivity contribution is 4.97. The second-order valence-corrected chi connectivity index (χ2v) is 4.29. The van der Waals surface area contributed by atoms with Crippen LogP contribution in [0.3, 0.4) is 0 Å². The Labute approximate surface area is 95.8 Å². The Hall–Kier alpha value is -0.910. The summed E-state index contributed by atoms with van der Waals surface area (Å²) in [7, 11) is 3.75. The smallest absolute Gasteiger partial charge is 0.106 e. The first-order chi connectivity index (χ1) is 7.76. The summed E-state index contributed by atoms with van der Waals surface area (Å²) in [6.45, 7) is 3.10. The van der Waals surface area contributed by atoms with Crippen LogP contribution in [-0.4, -0.2) is 42.0 Å². The first-order valence-corrected chi connectivity index (χ1v) is 5.55. The Morgan fingerprint density at radius 1 is 1.69 bits per heavy atom. The molecule has 0 aromatic carbocycles. The third kappa shape index (κ3) is 2.42. The van der Waals surface area contributed by atoms with Crippen molar-refractivity contribution in [2.45, 2.75) is 18.6 Å². The van der Waals surface area contributed by atoms with Gasteiger partial charge in [0.05, 0.1) is 18.6 Å². The Kier molecular flexibility index (Phi) is 3.58. The summed E-state index contributed by atoms with van der Waals surface area (Å²) >= 11 is 0. The van der Waals surface area contributed by atoms with Crippen LogP contribution in [-0.2, 0) is 23.1 Å². The summed E-state index contributed by atoms with van der Waals surface area (Å²) in [5.74, 6) is 0. The van der Waals surface area contributed by atoms with E-state index in [1.54, 1.807) is 7.11 Å². The molecule has 2 rings (SSSR count). The third-order valence-corrected chi connectivity index (χ3v) is 3.17. The summed E-state index contributed by atoms with van der Waals surface area (Å²) in [6.07, 6.45) is 4.64. The maximum absolute atomic E-state index is 5.54. The van der Waals surface area contributed by atoms with Gasteiger partial charge in [-0.05, 0) is 0 Å². The van der Waals surface area contributed by atoms with Gasteiger partial charge in [0.1, 0.15) is 5.60 Å². The van der Waals surface area contributed by atoms with Crippen molar-refractivity contribution >= 4 is 0 Å². The molecular formula is C11H19N3O2. The van der Waals surface area contributed by atoms with Crippen LogP contribution in [0.5, 0.6) is 0 Å². The normalized spacial score (nSPS) is 25.1. The van der Waals surface area contributed by atoms with Crippen LogP contribution in [0.25, 0.3) is 0 Å². The number of methoxy groups -OCH3 is 1. The van der Waals surface area contributed by atoms with Gasteiger partial charge in [-0.25, -0.2) is 4.98 Å². The number of aromatic nitrogens is 2. The molecule has 1 atom stereocenters. The Bertz CT molecular complexity index is 332. The van der Waals surface area contributed by atoms with Gasteiger partial charge in [0.2, 0.25) is 0 Å². The summed E-state index contributed by atoms with van der Waals surface area (Å²) in [5, 5.41) is 3.40. The van der Waals surface area contributed by atoms with E-state index in [1.807, 2.05) is 24.1 Å². The number of nitrogens with zero attached hydrogens (tertiary/aromatic N) is 2. The molecule has 0 spiro atoms. The summed E-state index contributed by atoms with van der Waals surface area (Å²) in [6, 6.07) is 0. The van der Waals surface area contributed by atoms with Gasteiger partial charge in [-0.1, -0.05) is 0 Å². The van der Waals surface area contributed by atoms with Gasteiger partial charge in [-0.15, -0.1) is 0 Å². The van der Waals surface area contributed by atoms with Crippen molar-refractivity contribution in [1.82, 2.24) is 14.9 Å². The lowest BCUT2D eigenvalue weighted by Crippen LogP contribution is -2.42. The lowest BCUT2D eigenvalue weighted by molar-refractivity contribution is -0.0160. The molecule has 1 saturated heterocycles. The standard InChI is InChI=1S/C11H19N3O2/c1-14-9-13-6-10(14)5-12-7-11(15-2)3-4-16-8-11/h6,9,12H,3-5,7-8H2,1-2H3. The van der Waals surface area contributed by atoms with E-state index < -0.39 is 0 Å².